The molecule has 1 rings (SSSR count). The molecule has 82 valence electrons. The van der Waals surface area contributed by atoms with Gasteiger partial charge in [0.1, 0.15) is 5.82 Å². The van der Waals surface area contributed by atoms with Gasteiger partial charge in [0.05, 0.1) is 12.2 Å². The van der Waals surface area contributed by atoms with Gasteiger partial charge >= 0.3 is 0 Å². The van der Waals surface area contributed by atoms with Crippen LogP contribution in [0.2, 0.25) is 0 Å². The first-order chi connectivity index (χ1) is 7.06. The number of aromatic nitrogens is 1. The topological polar surface area (TPSA) is 79.5 Å². The summed E-state index contributed by atoms with van der Waals surface area (Å²) in [6.45, 7) is 0.189. The molecule has 0 aliphatic carbocycles. The highest BCUT2D eigenvalue weighted by Gasteiger charge is 2.15. The number of hydrogen-bond acceptors (Lipinski definition) is 4. The van der Waals surface area contributed by atoms with Crippen molar-refractivity contribution in [3.05, 3.63) is 22.3 Å². The molecular weight excluding hydrogens is 262 g/mol. The Kier molecular flexibility index (Phi) is 4.05. The fraction of sp³-hybridized carbons (Fsp3) is 0.333. The lowest BCUT2D eigenvalue weighted by Gasteiger charge is -2.16. The van der Waals surface area contributed by atoms with Crippen molar-refractivity contribution in [2.75, 3.05) is 25.9 Å². The standard InChI is InChI=1S/C9H12BrN3O2/c1-13(2-3-14)9(15)7-4-6(10)5-12-8(7)11/h4-5,14H,2-3H2,1H3,(H2,11,12). The number of halogens is 1. The lowest BCUT2D eigenvalue weighted by atomic mass is 10.2. The van der Waals surface area contributed by atoms with Crippen LogP contribution in [0.3, 0.4) is 0 Å². The first kappa shape index (κ1) is 11.9. The van der Waals surface area contributed by atoms with E-state index in [4.69, 9.17) is 10.8 Å². The number of nitrogen functional groups attached to an aromatic ring is 1. The van der Waals surface area contributed by atoms with E-state index in [1.54, 1.807) is 13.1 Å². The summed E-state index contributed by atoms with van der Waals surface area (Å²) in [5.41, 5.74) is 5.92. The van der Waals surface area contributed by atoms with Gasteiger partial charge in [0.2, 0.25) is 0 Å². The average Bonchev–Trinajstić information content (AvgIpc) is 2.21. The van der Waals surface area contributed by atoms with Crippen LogP contribution >= 0.6 is 15.9 Å². The van der Waals surface area contributed by atoms with E-state index in [2.05, 4.69) is 20.9 Å². The van der Waals surface area contributed by atoms with E-state index in [0.717, 1.165) is 0 Å². The summed E-state index contributed by atoms with van der Waals surface area (Å²) in [6, 6.07) is 1.61. The highest BCUT2D eigenvalue weighted by atomic mass is 79.9. The fourth-order valence-corrected chi connectivity index (χ4v) is 1.41. The van der Waals surface area contributed by atoms with Crippen molar-refractivity contribution in [2.24, 2.45) is 0 Å². The zero-order chi connectivity index (χ0) is 11.4. The Labute approximate surface area is 96.0 Å². The molecule has 0 aliphatic heterocycles. The maximum Gasteiger partial charge on any atom is 0.257 e. The van der Waals surface area contributed by atoms with Crippen LogP contribution in [0.15, 0.2) is 16.7 Å². The summed E-state index contributed by atoms with van der Waals surface area (Å²) < 4.78 is 0.692. The third kappa shape index (κ3) is 2.90. The van der Waals surface area contributed by atoms with Crippen LogP contribution in [0.5, 0.6) is 0 Å². The molecule has 1 aromatic heterocycles. The lowest BCUT2D eigenvalue weighted by Crippen LogP contribution is -2.30. The van der Waals surface area contributed by atoms with Gasteiger partial charge in [-0.15, -0.1) is 0 Å². The molecule has 6 heteroatoms. The summed E-state index contributed by atoms with van der Waals surface area (Å²) in [7, 11) is 1.60. The van der Waals surface area contributed by atoms with E-state index in [0.29, 0.717) is 10.0 Å². The van der Waals surface area contributed by atoms with E-state index >= 15 is 0 Å². The van der Waals surface area contributed by atoms with Crippen LogP contribution in [-0.2, 0) is 0 Å². The molecule has 1 aromatic rings. The largest absolute Gasteiger partial charge is 0.395 e. The van der Waals surface area contributed by atoms with Crippen LogP contribution in [0.4, 0.5) is 5.82 Å². The number of rotatable bonds is 3. The number of carbonyl (C=O) groups is 1. The highest BCUT2D eigenvalue weighted by Crippen LogP contribution is 2.16. The second-order valence-corrected chi connectivity index (χ2v) is 3.95. The predicted molar refractivity (Wildman–Crippen MR) is 60.4 cm³/mol. The quantitative estimate of drug-likeness (QED) is 0.840. The maximum atomic E-state index is 11.8. The van der Waals surface area contributed by atoms with Crippen molar-refractivity contribution in [1.29, 1.82) is 0 Å². The Morgan fingerprint density at radius 2 is 2.40 bits per heavy atom. The zero-order valence-corrected chi connectivity index (χ0v) is 9.86. The molecule has 3 N–H and O–H groups in total. The molecule has 0 aliphatic rings. The number of aliphatic hydroxyl groups is 1. The number of carbonyl (C=O) groups excluding carboxylic acids is 1. The number of amides is 1. The van der Waals surface area contributed by atoms with Crippen LogP contribution < -0.4 is 5.73 Å². The summed E-state index contributed by atoms with van der Waals surface area (Å²) in [4.78, 5) is 17.0. The molecule has 1 amide bonds. The van der Waals surface area contributed by atoms with E-state index in [1.165, 1.54) is 11.1 Å². The van der Waals surface area contributed by atoms with Gasteiger partial charge in [-0.05, 0) is 22.0 Å². The van der Waals surface area contributed by atoms with Gasteiger partial charge in [0.15, 0.2) is 0 Å². The third-order valence-electron chi connectivity index (χ3n) is 1.90. The summed E-state index contributed by atoms with van der Waals surface area (Å²) in [6.07, 6.45) is 1.53. The minimum Gasteiger partial charge on any atom is -0.395 e. The molecule has 0 aromatic carbocycles. The predicted octanol–water partition coefficient (Wildman–Crippen LogP) is 0.491. The molecule has 0 atom stereocenters. The summed E-state index contributed by atoms with van der Waals surface area (Å²) >= 11 is 3.21. The van der Waals surface area contributed by atoms with Crippen LogP contribution in [0.25, 0.3) is 0 Å². The molecule has 1 heterocycles. The number of likely N-dealkylation sites (N-methyl/N-ethyl adjacent to an activating group) is 1. The number of pyridine rings is 1. The molecule has 0 saturated carbocycles. The van der Waals surface area contributed by atoms with Crippen molar-refractivity contribution < 1.29 is 9.90 Å². The normalized spacial score (nSPS) is 10.1. The number of nitrogens with zero attached hydrogens (tertiary/aromatic N) is 2. The molecular formula is C9H12BrN3O2. The molecule has 0 saturated heterocycles. The zero-order valence-electron chi connectivity index (χ0n) is 8.27. The molecule has 0 bridgehead atoms. The van der Waals surface area contributed by atoms with Crippen molar-refractivity contribution in [3.63, 3.8) is 0 Å². The van der Waals surface area contributed by atoms with Crippen LogP contribution in [0, 0.1) is 0 Å². The Hall–Kier alpha value is -1.14. The number of nitrogens with two attached hydrogens (primary N) is 1. The van der Waals surface area contributed by atoms with Crippen molar-refractivity contribution in [3.8, 4) is 0 Å². The third-order valence-corrected chi connectivity index (χ3v) is 2.33. The monoisotopic (exact) mass is 273 g/mol. The van der Waals surface area contributed by atoms with Crippen LogP contribution in [-0.4, -0.2) is 41.1 Å². The number of anilines is 1. The Bertz CT molecular complexity index is 370. The van der Waals surface area contributed by atoms with E-state index < -0.39 is 0 Å². The minimum atomic E-state index is -0.254. The second kappa shape index (κ2) is 5.09. The molecule has 15 heavy (non-hydrogen) atoms. The molecule has 0 radical (unpaired) electrons. The van der Waals surface area contributed by atoms with Crippen molar-refractivity contribution >= 4 is 27.7 Å². The summed E-state index contributed by atoms with van der Waals surface area (Å²) in [5, 5.41) is 8.71. The van der Waals surface area contributed by atoms with E-state index in [-0.39, 0.29) is 24.9 Å². The molecule has 0 fully saturated rings. The number of hydrogen-bond donors (Lipinski definition) is 2. The number of aliphatic hydroxyl groups excluding tert-OH is 1. The van der Waals surface area contributed by atoms with Gasteiger partial charge in [-0.2, -0.15) is 0 Å². The second-order valence-electron chi connectivity index (χ2n) is 3.04. The van der Waals surface area contributed by atoms with Gasteiger partial charge in [0, 0.05) is 24.3 Å². The summed E-state index contributed by atoms with van der Waals surface area (Å²) in [5.74, 6) is -0.0664. The van der Waals surface area contributed by atoms with Gasteiger partial charge in [-0.25, -0.2) is 4.98 Å². The Morgan fingerprint density at radius 1 is 1.73 bits per heavy atom. The Balaban J connectivity index is 2.95. The smallest absolute Gasteiger partial charge is 0.257 e. The van der Waals surface area contributed by atoms with Crippen LogP contribution in [0.1, 0.15) is 10.4 Å². The SMILES string of the molecule is CN(CCO)C(=O)c1cc(Br)cnc1N. The van der Waals surface area contributed by atoms with Gasteiger partial charge in [0.25, 0.3) is 5.91 Å². The van der Waals surface area contributed by atoms with E-state index in [1.807, 2.05) is 0 Å². The minimum absolute atomic E-state index is 0.0798. The van der Waals surface area contributed by atoms with Gasteiger partial charge < -0.3 is 15.7 Å². The van der Waals surface area contributed by atoms with Crippen molar-refractivity contribution in [2.45, 2.75) is 0 Å². The molecule has 0 unspecified atom stereocenters. The first-order valence-corrected chi connectivity index (χ1v) is 5.13. The average molecular weight is 274 g/mol. The van der Waals surface area contributed by atoms with Gasteiger partial charge in [-0.3, -0.25) is 4.79 Å². The maximum absolute atomic E-state index is 11.8. The lowest BCUT2D eigenvalue weighted by molar-refractivity contribution is 0.0767. The highest BCUT2D eigenvalue weighted by molar-refractivity contribution is 9.10. The Morgan fingerprint density at radius 3 is 3.00 bits per heavy atom. The first-order valence-electron chi connectivity index (χ1n) is 4.33. The van der Waals surface area contributed by atoms with E-state index in [9.17, 15) is 4.79 Å². The fourth-order valence-electron chi connectivity index (χ4n) is 1.08. The van der Waals surface area contributed by atoms with Crippen molar-refractivity contribution in [1.82, 2.24) is 9.88 Å². The molecule has 5 nitrogen and oxygen atoms in total. The van der Waals surface area contributed by atoms with Gasteiger partial charge in [-0.1, -0.05) is 0 Å². The molecule has 0 spiro atoms.